The fourth-order valence-electron chi connectivity index (χ4n) is 5.00. The second kappa shape index (κ2) is 9.09. The second-order valence-electron chi connectivity index (χ2n) is 9.07. The molecule has 0 spiro atoms. The molecular weight excluding hydrogens is 436 g/mol. The number of hydrogen-bond donors (Lipinski definition) is 1. The molecule has 2 saturated heterocycles. The highest BCUT2D eigenvalue weighted by molar-refractivity contribution is 5.82. The molecule has 1 unspecified atom stereocenters. The Bertz CT molecular complexity index is 1200. The van der Waals surface area contributed by atoms with Gasteiger partial charge in [-0.3, -0.25) is 0 Å². The summed E-state index contributed by atoms with van der Waals surface area (Å²) < 4.78 is 12.9. The van der Waals surface area contributed by atoms with Crippen molar-refractivity contribution in [3.8, 4) is 11.8 Å². The number of fused-ring (bicyclic) bond motifs is 1. The molecule has 1 atom stereocenters. The number of aromatic nitrogens is 4. The molecular formula is C24H30N6O4. The molecule has 2 aromatic heterocycles. The molecule has 10 nitrogen and oxygen atoms in total. The van der Waals surface area contributed by atoms with Crippen LogP contribution >= 0.6 is 0 Å². The summed E-state index contributed by atoms with van der Waals surface area (Å²) in [7, 11) is 1.57. The highest BCUT2D eigenvalue weighted by atomic mass is 16.5. The Morgan fingerprint density at radius 2 is 1.91 bits per heavy atom. The summed E-state index contributed by atoms with van der Waals surface area (Å²) in [6, 6.07) is 6.58. The molecule has 4 heterocycles. The zero-order valence-corrected chi connectivity index (χ0v) is 19.8. The van der Waals surface area contributed by atoms with Crippen LogP contribution in [0.2, 0.25) is 0 Å². The van der Waals surface area contributed by atoms with Crippen LogP contribution in [0, 0.1) is 6.92 Å². The van der Waals surface area contributed by atoms with Crippen molar-refractivity contribution in [3.63, 3.8) is 0 Å². The number of hydrogen-bond acceptors (Lipinski definition) is 7. The van der Waals surface area contributed by atoms with Gasteiger partial charge in [-0.2, -0.15) is 15.1 Å². The van der Waals surface area contributed by atoms with Gasteiger partial charge < -0.3 is 24.4 Å². The largest absolute Gasteiger partial charge is 0.467 e. The highest BCUT2D eigenvalue weighted by Crippen LogP contribution is 2.34. The molecule has 2 fully saturated rings. The molecule has 2 aliphatic heterocycles. The van der Waals surface area contributed by atoms with Crippen molar-refractivity contribution in [1.82, 2.24) is 24.6 Å². The Hall–Kier alpha value is -3.40. The van der Waals surface area contributed by atoms with Gasteiger partial charge in [-0.1, -0.05) is 0 Å². The number of ether oxygens (including phenoxy) is 2. The first-order chi connectivity index (χ1) is 16.4. The third kappa shape index (κ3) is 4.25. The summed E-state index contributed by atoms with van der Waals surface area (Å²) >= 11 is 0. The Morgan fingerprint density at radius 1 is 1.15 bits per heavy atom. The fourth-order valence-corrected chi connectivity index (χ4v) is 5.00. The molecule has 180 valence electrons. The predicted octanol–water partition coefficient (Wildman–Crippen LogP) is 3.22. The summed E-state index contributed by atoms with van der Waals surface area (Å²) in [5.74, 6) is 1.74. The lowest BCUT2D eigenvalue weighted by molar-refractivity contribution is 0.0529. The van der Waals surface area contributed by atoms with Gasteiger partial charge in [-0.05, 0) is 55.9 Å². The Labute approximate surface area is 198 Å². The molecule has 1 aromatic carbocycles. The lowest BCUT2D eigenvalue weighted by Gasteiger charge is -2.32. The van der Waals surface area contributed by atoms with E-state index in [1.54, 1.807) is 7.11 Å². The first-order valence-electron chi connectivity index (χ1n) is 11.7. The van der Waals surface area contributed by atoms with Crippen LogP contribution in [-0.4, -0.2) is 81.8 Å². The van der Waals surface area contributed by atoms with E-state index >= 15 is 0 Å². The van der Waals surface area contributed by atoms with Crippen LogP contribution in [0.5, 0.6) is 6.01 Å². The van der Waals surface area contributed by atoms with Gasteiger partial charge in [0.15, 0.2) is 5.82 Å². The lowest BCUT2D eigenvalue weighted by atomic mass is 9.86. The van der Waals surface area contributed by atoms with E-state index in [0.717, 1.165) is 42.7 Å². The van der Waals surface area contributed by atoms with Crippen molar-refractivity contribution in [1.29, 1.82) is 0 Å². The number of methoxy groups -OCH3 is 1. The number of carboxylic acid groups (broad SMARTS) is 1. The van der Waals surface area contributed by atoms with E-state index < -0.39 is 6.09 Å². The molecule has 0 radical (unpaired) electrons. The van der Waals surface area contributed by atoms with Crippen LogP contribution in [-0.2, 0) is 4.74 Å². The number of amides is 1. The maximum absolute atomic E-state index is 11.3. The van der Waals surface area contributed by atoms with E-state index in [2.05, 4.69) is 45.9 Å². The molecule has 0 aliphatic carbocycles. The fraction of sp³-hybridized carbons (Fsp3) is 0.500. The zero-order chi connectivity index (χ0) is 23.8. The predicted molar refractivity (Wildman–Crippen MR) is 127 cm³/mol. The summed E-state index contributed by atoms with van der Waals surface area (Å²) in [4.78, 5) is 24.1. The number of likely N-dealkylation sites (tertiary alicyclic amines) is 1. The number of aryl methyl sites for hydroxylation is 1. The minimum absolute atomic E-state index is 0.127. The van der Waals surface area contributed by atoms with Crippen LogP contribution in [0.4, 0.5) is 10.6 Å². The maximum atomic E-state index is 11.3. The highest BCUT2D eigenvalue weighted by Gasteiger charge is 2.26. The number of carbonyl (C=O) groups is 1. The van der Waals surface area contributed by atoms with Gasteiger partial charge >= 0.3 is 12.1 Å². The third-order valence-corrected chi connectivity index (χ3v) is 6.80. The molecule has 2 aliphatic rings. The number of rotatable bonds is 4. The molecule has 1 amide bonds. The summed E-state index contributed by atoms with van der Waals surface area (Å²) in [5.41, 5.74) is 3.40. The van der Waals surface area contributed by atoms with Gasteiger partial charge in [0.1, 0.15) is 5.82 Å². The number of anilines is 1. The van der Waals surface area contributed by atoms with E-state index in [1.807, 2.05) is 16.9 Å². The topological polar surface area (TPSA) is 106 Å². The minimum atomic E-state index is -0.841. The molecule has 34 heavy (non-hydrogen) atoms. The van der Waals surface area contributed by atoms with Crippen LogP contribution in [0.3, 0.4) is 0 Å². The SMILES string of the molecule is COc1nc(N2CCOC(C)C2)cc(-n2ncc3cc(C)c(C4CCN(C(=O)O)CC4)cc32)n1. The quantitative estimate of drug-likeness (QED) is 0.625. The second-order valence-corrected chi connectivity index (χ2v) is 9.07. The summed E-state index contributed by atoms with van der Waals surface area (Å²) in [5, 5.41) is 15.0. The van der Waals surface area contributed by atoms with Crippen LogP contribution in [0.25, 0.3) is 16.7 Å². The average molecular weight is 467 g/mol. The molecule has 1 N–H and O–H groups in total. The Kier molecular flexibility index (Phi) is 5.99. The summed E-state index contributed by atoms with van der Waals surface area (Å²) in [6.45, 7) is 7.43. The van der Waals surface area contributed by atoms with Gasteiger partial charge in [0.05, 0.1) is 31.5 Å². The molecule has 5 rings (SSSR count). The van der Waals surface area contributed by atoms with E-state index in [0.29, 0.717) is 37.4 Å². The number of nitrogens with zero attached hydrogens (tertiary/aromatic N) is 6. The zero-order valence-electron chi connectivity index (χ0n) is 19.8. The van der Waals surface area contributed by atoms with Crippen molar-refractivity contribution in [2.45, 2.75) is 38.7 Å². The molecule has 3 aromatic rings. The van der Waals surface area contributed by atoms with E-state index in [9.17, 15) is 9.90 Å². The monoisotopic (exact) mass is 466 g/mol. The standard InChI is InChI=1S/C24H30N6O4/c1-15-10-18-13-25-30(20(18)11-19(15)17-4-6-28(7-5-17)24(31)32)22-12-21(26-23(27-22)33-3)29-8-9-34-16(2)14-29/h10-13,16-17H,4-9,14H2,1-3H3,(H,31,32). The van der Waals surface area contributed by atoms with Gasteiger partial charge in [-0.15, -0.1) is 0 Å². The molecule has 0 bridgehead atoms. The van der Waals surface area contributed by atoms with Crippen molar-refractivity contribution >= 4 is 22.8 Å². The Balaban J connectivity index is 1.51. The van der Waals surface area contributed by atoms with Gasteiger partial charge in [0.2, 0.25) is 0 Å². The molecule has 10 heteroatoms. The normalized spacial score (nSPS) is 19.6. The smallest absolute Gasteiger partial charge is 0.407 e. The van der Waals surface area contributed by atoms with E-state index in [1.165, 1.54) is 16.0 Å². The summed E-state index contributed by atoms with van der Waals surface area (Å²) in [6.07, 6.45) is 2.76. The van der Waals surface area contributed by atoms with Crippen LogP contribution < -0.4 is 9.64 Å². The van der Waals surface area contributed by atoms with E-state index in [-0.39, 0.29) is 6.10 Å². The average Bonchev–Trinajstić information content (AvgIpc) is 3.26. The number of benzene rings is 1. The number of piperidine rings is 1. The van der Waals surface area contributed by atoms with Gasteiger partial charge in [0, 0.05) is 37.6 Å². The number of morpholine rings is 1. The van der Waals surface area contributed by atoms with Crippen molar-refractivity contribution in [2.75, 3.05) is 44.8 Å². The minimum Gasteiger partial charge on any atom is -0.467 e. The first-order valence-corrected chi connectivity index (χ1v) is 11.7. The van der Waals surface area contributed by atoms with Crippen molar-refractivity contribution in [2.24, 2.45) is 0 Å². The van der Waals surface area contributed by atoms with Crippen molar-refractivity contribution in [3.05, 3.63) is 35.5 Å². The van der Waals surface area contributed by atoms with Crippen molar-refractivity contribution < 1.29 is 19.4 Å². The first kappa shape index (κ1) is 22.4. The third-order valence-electron chi connectivity index (χ3n) is 6.80. The van der Waals surface area contributed by atoms with Crippen LogP contribution in [0.15, 0.2) is 24.4 Å². The van der Waals surface area contributed by atoms with E-state index in [4.69, 9.17) is 9.47 Å². The van der Waals surface area contributed by atoms with Gasteiger partial charge in [-0.25, -0.2) is 9.48 Å². The van der Waals surface area contributed by atoms with Crippen LogP contribution in [0.1, 0.15) is 36.8 Å². The van der Waals surface area contributed by atoms with Gasteiger partial charge in [0.25, 0.3) is 0 Å². The lowest BCUT2D eigenvalue weighted by Crippen LogP contribution is -2.41. The Morgan fingerprint density at radius 3 is 2.62 bits per heavy atom. The molecule has 0 saturated carbocycles. The maximum Gasteiger partial charge on any atom is 0.407 e.